The Morgan fingerprint density at radius 1 is 0.970 bits per heavy atom. The number of methoxy groups -OCH3 is 1. The van der Waals surface area contributed by atoms with Crippen molar-refractivity contribution in [3.05, 3.63) is 89.5 Å². The van der Waals surface area contributed by atoms with Crippen molar-refractivity contribution in [2.24, 2.45) is 0 Å². The molecule has 5 nitrogen and oxygen atoms in total. The van der Waals surface area contributed by atoms with Crippen molar-refractivity contribution in [2.75, 3.05) is 13.7 Å². The highest BCUT2D eigenvalue weighted by Crippen LogP contribution is 2.30. The van der Waals surface area contributed by atoms with Gasteiger partial charge >= 0.3 is 5.97 Å². The summed E-state index contributed by atoms with van der Waals surface area (Å²) in [7, 11) is 1.50. The van der Waals surface area contributed by atoms with Gasteiger partial charge in [-0.15, -0.1) is 0 Å². The number of allylic oxidation sites excluding steroid dienone is 1. The molecule has 33 heavy (non-hydrogen) atoms. The maximum Gasteiger partial charge on any atom is 0.349 e. The van der Waals surface area contributed by atoms with Crippen LogP contribution in [0.3, 0.4) is 0 Å². The second kappa shape index (κ2) is 10.5. The van der Waals surface area contributed by atoms with E-state index in [-0.39, 0.29) is 17.8 Å². The smallest absolute Gasteiger partial charge is 0.349 e. The van der Waals surface area contributed by atoms with Crippen LogP contribution in [-0.4, -0.2) is 19.7 Å². The number of nitrogens with zero attached hydrogens (tertiary/aromatic N) is 1. The molecule has 0 unspecified atom stereocenters. The molecule has 0 aliphatic heterocycles. The predicted octanol–water partition coefficient (Wildman–Crippen LogP) is 6.04. The van der Waals surface area contributed by atoms with Crippen LogP contribution in [0.15, 0.2) is 72.8 Å². The Bertz CT molecular complexity index is 1170. The van der Waals surface area contributed by atoms with Crippen molar-refractivity contribution < 1.29 is 19.0 Å². The molecule has 0 spiro atoms. The summed E-state index contributed by atoms with van der Waals surface area (Å²) >= 11 is 0. The number of hydrogen-bond donors (Lipinski definition) is 0. The van der Waals surface area contributed by atoms with Crippen molar-refractivity contribution in [1.82, 2.24) is 0 Å². The average Bonchev–Trinajstić information content (AvgIpc) is 2.82. The van der Waals surface area contributed by atoms with Gasteiger partial charge in [0.2, 0.25) is 0 Å². The Labute approximate surface area is 194 Å². The van der Waals surface area contributed by atoms with Crippen LogP contribution in [0.25, 0.3) is 11.6 Å². The normalized spacial score (nSPS) is 11.4. The number of benzene rings is 3. The minimum Gasteiger partial charge on any atom is -0.493 e. The zero-order valence-corrected chi connectivity index (χ0v) is 19.3. The van der Waals surface area contributed by atoms with E-state index >= 15 is 0 Å². The summed E-state index contributed by atoms with van der Waals surface area (Å²) in [4.78, 5) is 12.3. The van der Waals surface area contributed by atoms with Crippen LogP contribution < -0.4 is 14.2 Å². The van der Waals surface area contributed by atoms with Crippen molar-refractivity contribution >= 4 is 17.6 Å². The molecular weight excluding hydrogens is 414 g/mol. The molecule has 0 atom stereocenters. The first kappa shape index (κ1) is 23.6. The Kier molecular flexibility index (Phi) is 7.53. The summed E-state index contributed by atoms with van der Waals surface area (Å²) in [5.74, 6) is 0.720. The summed E-state index contributed by atoms with van der Waals surface area (Å²) in [6.07, 6.45) is 1.76. The predicted molar refractivity (Wildman–Crippen MR) is 129 cm³/mol. The van der Waals surface area contributed by atoms with Gasteiger partial charge in [0.15, 0.2) is 18.1 Å². The fraction of sp³-hybridized carbons (Fsp3) is 0.214. The first-order valence-electron chi connectivity index (χ1n) is 10.6. The zero-order chi connectivity index (χ0) is 23.8. The molecule has 0 saturated carbocycles. The molecule has 0 saturated heterocycles. The summed E-state index contributed by atoms with van der Waals surface area (Å²) in [6.45, 7) is 6.18. The van der Waals surface area contributed by atoms with Gasteiger partial charge in [-0.25, -0.2) is 4.79 Å². The van der Waals surface area contributed by atoms with Gasteiger partial charge < -0.3 is 14.2 Å². The summed E-state index contributed by atoms with van der Waals surface area (Å²) in [6, 6.07) is 24.4. The molecule has 168 valence electrons. The standard InChI is InChI=1S/C28H27NO4/c1-28(2,3)23-11-13-24(14-12-23)32-19-27(30)33-25-15-10-20(17-26(25)31-4)16-22(18-29)21-8-6-5-7-9-21/h5-17H,19H2,1-4H3. The molecule has 0 fully saturated rings. The monoisotopic (exact) mass is 441 g/mol. The van der Waals surface area contributed by atoms with E-state index in [4.69, 9.17) is 14.2 Å². The Morgan fingerprint density at radius 2 is 1.67 bits per heavy atom. The van der Waals surface area contributed by atoms with Crippen LogP contribution in [0, 0.1) is 11.3 Å². The van der Waals surface area contributed by atoms with E-state index in [9.17, 15) is 10.1 Å². The van der Waals surface area contributed by atoms with Crippen molar-refractivity contribution in [3.8, 4) is 23.3 Å². The first-order valence-corrected chi connectivity index (χ1v) is 10.6. The van der Waals surface area contributed by atoms with Crippen LogP contribution in [0.1, 0.15) is 37.5 Å². The molecule has 5 heteroatoms. The number of carbonyl (C=O) groups is 1. The van der Waals surface area contributed by atoms with Crippen molar-refractivity contribution in [2.45, 2.75) is 26.2 Å². The van der Waals surface area contributed by atoms with Crippen LogP contribution in [0.4, 0.5) is 0 Å². The molecule has 0 aromatic heterocycles. The number of ether oxygens (including phenoxy) is 3. The van der Waals surface area contributed by atoms with Gasteiger partial charge in [-0.3, -0.25) is 0 Å². The highest BCUT2D eigenvalue weighted by atomic mass is 16.6. The topological polar surface area (TPSA) is 68.5 Å². The lowest BCUT2D eigenvalue weighted by atomic mass is 9.87. The van der Waals surface area contributed by atoms with Gasteiger partial charge in [0.25, 0.3) is 0 Å². The van der Waals surface area contributed by atoms with Gasteiger partial charge in [-0.2, -0.15) is 5.26 Å². The summed E-state index contributed by atoms with van der Waals surface area (Å²) < 4.78 is 16.4. The molecule has 3 aromatic rings. The van der Waals surface area contributed by atoms with Gasteiger partial charge in [0.1, 0.15) is 5.75 Å². The number of carbonyl (C=O) groups excluding carboxylic acids is 1. The molecule has 0 amide bonds. The van der Waals surface area contributed by atoms with E-state index in [0.29, 0.717) is 17.1 Å². The molecule has 0 heterocycles. The number of hydrogen-bond acceptors (Lipinski definition) is 5. The quantitative estimate of drug-likeness (QED) is 0.193. The van der Waals surface area contributed by atoms with E-state index in [1.54, 1.807) is 24.3 Å². The lowest BCUT2D eigenvalue weighted by Crippen LogP contribution is -2.18. The lowest BCUT2D eigenvalue weighted by Gasteiger charge is -2.19. The zero-order valence-electron chi connectivity index (χ0n) is 19.3. The number of rotatable bonds is 7. The fourth-order valence-electron chi connectivity index (χ4n) is 3.17. The third-order valence-corrected chi connectivity index (χ3v) is 5.00. The molecule has 0 bridgehead atoms. The molecule has 0 N–H and O–H groups in total. The highest BCUT2D eigenvalue weighted by molar-refractivity contribution is 5.89. The molecule has 0 aliphatic carbocycles. The highest BCUT2D eigenvalue weighted by Gasteiger charge is 2.14. The van der Waals surface area contributed by atoms with Gasteiger partial charge in [0, 0.05) is 0 Å². The van der Waals surface area contributed by atoms with E-state index in [0.717, 1.165) is 11.1 Å². The van der Waals surface area contributed by atoms with Crippen LogP contribution in [0.2, 0.25) is 0 Å². The minimum absolute atomic E-state index is 0.0461. The third kappa shape index (κ3) is 6.47. The first-order chi connectivity index (χ1) is 15.8. The van der Waals surface area contributed by atoms with Crippen molar-refractivity contribution in [3.63, 3.8) is 0 Å². The lowest BCUT2D eigenvalue weighted by molar-refractivity contribution is -0.136. The molecule has 0 aliphatic rings. The van der Waals surface area contributed by atoms with Gasteiger partial charge in [-0.1, -0.05) is 69.3 Å². The molecule has 0 radical (unpaired) electrons. The maximum atomic E-state index is 12.3. The fourth-order valence-corrected chi connectivity index (χ4v) is 3.17. The summed E-state index contributed by atoms with van der Waals surface area (Å²) in [5.41, 5.74) is 3.32. The Balaban J connectivity index is 1.67. The number of nitriles is 1. The largest absolute Gasteiger partial charge is 0.493 e. The second-order valence-corrected chi connectivity index (χ2v) is 8.48. The second-order valence-electron chi connectivity index (χ2n) is 8.48. The average molecular weight is 442 g/mol. The van der Waals surface area contributed by atoms with E-state index in [1.165, 1.54) is 12.7 Å². The Morgan fingerprint density at radius 3 is 2.27 bits per heavy atom. The van der Waals surface area contributed by atoms with Gasteiger partial charge in [-0.05, 0) is 52.4 Å². The third-order valence-electron chi connectivity index (χ3n) is 5.00. The maximum absolute atomic E-state index is 12.3. The molecular formula is C28H27NO4. The SMILES string of the molecule is COc1cc(C=C(C#N)c2ccccc2)ccc1OC(=O)COc1ccc(C(C)(C)C)cc1. The van der Waals surface area contributed by atoms with Crippen LogP contribution in [0.5, 0.6) is 17.2 Å². The Hall–Kier alpha value is -4.04. The van der Waals surface area contributed by atoms with Crippen LogP contribution in [-0.2, 0) is 10.2 Å². The molecule has 3 rings (SSSR count). The molecule has 3 aromatic carbocycles. The van der Waals surface area contributed by atoms with Crippen molar-refractivity contribution in [1.29, 1.82) is 5.26 Å². The van der Waals surface area contributed by atoms with E-state index < -0.39 is 5.97 Å². The van der Waals surface area contributed by atoms with E-state index in [1.807, 2.05) is 54.6 Å². The minimum atomic E-state index is -0.543. The summed E-state index contributed by atoms with van der Waals surface area (Å²) in [5, 5.41) is 9.52. The van der Waals surface area contributed by atoms with Gasteiger partial charge in [0.05, 0.1) is 18.8 Å². The number of esters is 1. The van der Waals surface area contributed by atoms with E-state index in [2.05, 4.69) is 26.8 Å². The van der Waals surface area contributed by atoms with Crippen LogP contribution >= 0.6 is 0 Å².